The lowest BCUT2D eigenvalue weighted by molar-refractivity contribution is 0.228. The van der Waals surface area contributed by atoms with E-state index in [1.807, 2.05) is 12.1 Å². The highest BCUT2D eigenvalue weighted by atomic mass is 16.5. The van der Waals surface area contributed by atoms with Crippen LogP contribution in [0.5, 0.6) is 5.88 Å². The second kappa shape index (κ2) is 5.82. The minimum absolute atomic E-state index is 0.0384. The molecule has 16 heavy (non-hydrogen) atoms. The highest BCUT2D eigenvalue weighted by Crippen LogP contribution is 2.09. The molecule has 2 heterocycles. The van der Waals surface area contributed by atoms with E-state index < -0.39 is 0 Å². The number of pyridine rings is 1. The standard InChI is InChI=1S/C12H18N2O2/c15-10-11-4-3-5-12(13-11)16-9-8-14-6-1-2-7-14/h3-5,15H,1-2,6-10H2. The number of hydrogen-bond acceptors (Lipinski definition) is 4. The Kier molecular flexibility index (Phi) is 4.13. The zero-order chi connectivity index (χ0) is 11.2. The predicted octanol–water partition coefficient (Wildman–Crippen LogP) is 1.05. The molecule has 0 spiro atoms. The monoisotopic (exact) mass is 222 g/mol. The first-order valence-corrected chi connectivity index (χ1v) is 5.80. The molecule has 0 radical (unpaired) electrons. The fourth-order valence-electron chi connectivity index (χ4n) is 1.91. The molecule has 0 aromatic carbocycles. The van der Waals surface area contributed by atoms with Gasteiger partial charge in [-0.1, -0.05) is 6.07 Å². The third-order valence-corrected chi connectivity index (χ3v) is 2.80. The van der Waals surface area contributed by atoms with E-state index in [9.17, 15) is 0 Å². The summed E-state index contributed by atoms with van der Waals surface area (Å²) in [6.45, 7) is 3.97. The van der Waals surface area contributed by atoms with Gasteiger partial charge in [-0.3, -0.25) is 4.90 Å². The molecular formula is C12H18N2O2. The molecule has 4 heteroatoms. The molecular weight excluding hydrogens is 204 g/mol. The van der Waals surface area contributed by atoms with Crippen LogP contribution in [-0.4, -0.2) is 41.2 Å². The van der Waals surface area contributed by atoms with Gasteiger partial charge in [-0.05, 0) is 32.0 Å². The van der Waals surface area contributed by atoms with Crippen molar-refractivity contribution < 1.29 is 9.84 Å². The van der Waals surface area contributed by atoms with Gasteiger partial charge in [0.05, 0.1) is 12.3 Å². The molecule has 1 fully saturated rings. The maximum absolute atomic E-state index is 8.93. The molecule has 1 aliphatic heterocycles. The van der Waals surface area contributed by atoms with Gasteiger partial charge >= 0.3 is 0 Å². The Balaban J connectivity index is 1.75. The Morgan fingerprint density at radius 2 is 2.12 bits per heavy atom. The summed E-state index contributed by atoms with van der Waals surface area (Å²) < 4.78 is 5.55. The second-order valence-electron chi connectivity index (χ2n) is 4.02. The van der Waals surface area contributed by atoms with Crippen LogP contribution in [0.15, 0.2) is 18.2 Å². The minimum atomic E-state index is -0.0384. The average molecular weight is 222 g/mol. The van der Waals surface area contributed by atoms with Gasteiger partial charge in [0.2, 0.25) is 5.88 Å². The van der Waals surface area contributed by atoms with Gasteiger partial charge in [0.25, 0.3) is 0 Å². The number of hydrogen-bond donors (Lipinski definition) is 1. The van der Waals surface area contributed by atoms with E-state index in [2.05, 4.69) is 9.88 Å². The van der Waals surface area contributed by atoms with Crippen LogP contribution in [-0.2, 0) is 6.61 Å². The summed E-state index contributed by atoms with van der Waals surface area (Å²) in [5.41, 5.74) is 0.652. The molecule has 0 aliphatic carbocycles. The number of aliphatic hydroxyl groups is 1. The lowest BCUT2D eigenvalue weighted by Gasteiger charge is -2.14. The van der Waals surface area contributed by atoms with Crippen LogP contribution in [0.25, 0.3) is 0 Å². The Morgan fingerprint density at radius 1 is 1.31 bits per heavy atom. The second-order valence-corrected chi connectivity index (χ2v) is 4.02. The summed E-state index contributed by atoms with van der Waals surface area (Å²) in [4.78, 5) is 6.56. The molecule has 1 aliphatic rings. The van der Waals surface area contributed by atoms with E-state index in [0.717, 1.165) is 6.54 Å². The Bertz CT molecular complexity index is 325. The van der Waals surface area contributed by atoms with Crippen molar-refractivity contribution in [2.45, 2.75) is 19.4 Å². The zero-order valence-corrected chi connectivity index (χ0v) is 9.43. The summed E-state index contributed by atoms with van der Waals surface area (Å²) in [7, 11) is 0. The van der Waals surface area contributed by atoms with Crippen molar-refractivity contribution in [2.75, 3.05) is 26.2 Å². The number of aromatic nitrogens is 1. The lowest BCUT2D eigenvalue weighted by Crippen LogP contribution is -2.25. The van der Waals surface area contributed by atoms with E-state index in [1.165, 1.54) is 25.9 Å². The first-order valence-electron chi connectivity index (χ1n) is 5.80. The van der Waals surface area contributed by atoms with Gasteiger partial charge in [-0.2, -0.15) is 0 Å². The minimum Gasteiger partial charge on any atom is -0.476 e. The van der Waals surface area contributed by atoms with Gasteiger partial charge < -0.3 is 9.84 Å². The van der Waals surface area contributed by atoms with Gasteiger partial charge in [0.15, 0.2) is 0 Å². The average Bonchev–Trinajstić information content (AvgIpc) is 2.82. The van der Waals surface area contributed by atoms with Crippen molar-refractivity contribution in [3.63, 3.8) is 0 Å². The first kappa shape index (κ1) is 11.4. The fourth-order valence-corrected chi connectivity index (χ4v) is 1.91. The number of likely N-dealkylation sites (tertiary alicyclic amines) is 1. The molecule has 0 atom stereocenters. The van der Waals surface area contributed by atoms with E-state index in [-0.39, 0.29) is 6.61 Å². The van der Waals surface area contributed by atoms with Crippen molar-refractivity contribution >= 4 is 0 Å². The smallest absolute Gasteiger partial charge is 0.213 e. The molecule has 0 amide bonds. The van der Waals surface area contributed by atoms with Gasteiger partial charge in [-0.15, -0.1) is 0 Å². The normalized spacial score (nSPS) is 16.6. The van der Waals surface area contributed by atoms with Gasteiger partial charge in [0, 0.05) is 12.6 Å². The molecule has 2 rings (SSSR count). The molecule has 1 saturated heterocycles. The number of ether oxygens (including phenoxy) is 1. The molecule has 0 bridgehead atoms. The zero-order valence-electron chi connectivity index (χ0n) is 9.43. The van der Waals surface area contributed by atoms with Gasteiger partial charge in [-0.25, -0.2) is 4.98 Å². The van der Waals surface area contributed by atoms with Crippen molar-refractivity contribution in [3.05, 3.63) is 23.9 Å². The highest BCUT2D eigenvalue weighted by Gasteiger charge is 2.10. The summed E-state index contributed by atoms with van der Waals surface area (Å²) in [5.74, 6) is 0.603. The van der Waals surface area contributed by atoms with Crippen LogP contribution in [0, 0.1) is 0 Å². The fraction of sp³-hybridized carbons (Fsp3) is 0.583. The topological polar surface area (TPSA) is 45.6 Å². The quantitative estimate of drug-likeness (QED) is 0.809. The Morgan fingerprint density at radius 3 is 2.88 bits per heavy atom. The Hall–Kier alpha value is -1.13. The SMILES string of the molecule is OCc1cccc(OCCN2CCCC2)n1. The largest absolute Gasteiger partial charge is 0.476 e. The summed E-state index contributed by atoms with van der Waals surface area (Å²) >= 11 is 0. The van der Waals surface area contributed by atoms with Crippen molar-refractivity contribution in [2.24, 2.45) is 0 Å². The molecule has 1 aromatic heterocycles. The summed E-state index contributed by atoms with van der Waals surface area (Å²) in [6.07, 6.45) is 2.61. The van der Waals surface area contributed by atoms with Crippen LogP contribution < -0.4 is 4.74 Å². The molecule has 0 saturated carbocycles. The van der Waals surface area contributed by atoms with Crippen LogP contribution >= 0.6 is 0 Å². The maximum Gasteiger partial charge on any atom is 0.213 e. The molecule has 0 unspecified atom stereocenters. The third-order valence-electron chi connectivity index (χ3n) is 2.80. The number of nitrogens with zero attached hydrogens (tertiary/aromatic N) is 2. The van der Waals surface area contributed by atoms with E-state index >= 15 is 0 Å². The van der Waals surface area contributed by atoms with Crippen molar-refractivity contribution in [3.8, 4) is 5.88 Å². The van der Waals surface area contributed by atoms with Crippen LogP contribution in [0.3, 0.4) is 0 Å². The van der Waals surface area contributed by atoms with E-state index in [4.69, 9.17) is 9.84 Å². The predicted molar refractivity (Wildman–Crippen MR) is 61.3 cm³/mol. The van der Waals surface area contributed by atoms with E-state index in [1.54, 1.807) is 6.07 Å². The maximum atomic E-state index is 8.93. The highest BCUT2D eigenvalue weighted by molar-refractivity contribution is 5.15. The molecule has 1 N–H and O–H groups in total. The number of aliphatic hydroxyl groups excluding tert-OH is 1. The summed E-state index contributed by atoms with van der Waals surface area (Å²) in [5, 5.41) is 8.93. The third kappa shape index (κ3) is 3.18. The number of rotatable bonds is 5. The molecule has 4 nitrogen and oxygen atoms in total. The van der Waals surface area contributed by atoms with Gasteiger partial charge in [0.1, 0.15) is 6.61 Å². The molecule has 88 valence electrons. The van der Waals surface area contributed by atoms with Crippen LogP contribution in [0.4, 0.5) is 0 Å². The van der Waals surface area contributed by atoms with Crippen molar-refractivity contribution in [1.29, 1.82) is 0 Å². The van der Waals surface area contributed by atoms with Crippen LogP contribution in [0.2, 0.25) is 0 Å². The first-order chi connectivity index (χ1) is 7.88. The van der Waals surface area contributed by atoms with E-state index in [0.29, 0.717) is 18.2 Å². The summed E-state index contributed by atoms with van der Waals surface area (Å²) in [6, 6.07) is 5.46. The van der Waals surface area contributed by atoms with Crippen molar-refractivity contribution in [1.82, 2.24) is 9.88 Å². The lowest BCUT2D eigenvalue weighted by atomic mass is 10.4. The van der Waals surface area contributed by atoms with Crippen LogP contribution in [0.1, 0.15) is 18.5 Å². The molecule has 1 aromatic rings. The Labute approximate surface area is 95.9 Å².